The van der Waals surface area contributed by atoms with Crippen LogP contribution in [0.3, 0.4) is 0 Å². The number of piperazine rings is 1. The number of hydrogen-bond donors (Lipinski definition) is 1. The van der Waals surface area contributed by atoms with E-state index in [1.165, 1.54) is 28.6 Å². The normalized spacial score (nSPS) is 15.4. The van der Waals surface area contributed by atoms with Gasteiger partial charge in [0.05, 0.1) is 16.7 Å². The fourth-order valence-electron chi connectivity index (χ4n) is 2.56. The summed E-state index contributed by atoms with van der Waals surface area (Å²) in [5.41, 5.74) is 0.225. The van der Waals surface area contributed by atoms with Gasteiger partial charge >= 0.3 is 0 Å². The Morgan fingerprint density at radius 2 is 1.81 bits per heavy atom. The van der Waals surface area contributed by atoms with Crippen LogP contribution in [0.1, 0.15) is 5.56 Å². The molecule has 0 amide bonds. The highest BCUT2D eigenvalue weighted by atomic mass is 35.5. The molecule has 2 aromatic rings. The molecule has 0 spiro atoms. The second kappa shape index (κ2) is 7.82. The number of hydrogen-bond acceptors (Lipinski definition) is 5. The van der Waals surface area contributed by atoms with Crippen molar-refractivity contribution in [2.45, 2.75) is 4.90 Å². The Kier molecular flexibility index (Phi) is 5.70. The Morgan fingerprint density at radius 3 is 2.50 bits per heavy atom. The van der Waals surface area contributed by atoms with Gasteiger partial charge in [0.15, 0.2) is 0 Å². The highest BCUT2D eigenvalue weighted by Gasteiger charge is 2.29. The number of rotatable bonds is 4. The summed E-state index contributed by atoms with van der Waals surface area (Å²) >= 11 is 12.1. The molecule has 0 saturated carbocycles. The van der Waals surface area contributed by atoms with E-state index in [0.29, 0.717) is 36.2 Å². The molecule has 1 fully saturated rings. The summed E-state index contributed by atoms with van der Waals surface area (Å²) in [7, 11) is -3.83. The molecular weight excluding hydrogens is 397 g/mol. The predicted octanol–water partition coefficient (Wildman–Crippen LogP) is 3.25. The molecule has 26 heavy (non-hydrogen) atoms. The van der Waals surface area contributed by atoms with Crippen molar-refractivity contribution in [3.05, 3.63) is 52.0 Å². The van der Waals surface area contributed by atoms with E-state index in [1.807, 2.05) is 6.07 Å². The molecule has 3 rings (SSSR count). The number of benzene rings is 2. The third-order valence-corrected chi connectivity index (χ3v) is 6.35. The number of sulfonamides is 1. The van der Waals surface area contributed by atoms with Gasteiger partial charge in [-0.05, 0) is 30.3 Å². The van der Waals surface area contributed by atoms with Crippen LogP contribution in [-0.2, 0) is 10.0 Å². The number of nitrogens with zero attached hydrogens (tertiary/aromatic N) is 2. The lowest BCUT2D eigenvalue weighted by molar-refractivity contribution is 0.358. The summed E-state index contributed by atoms with van der Waals surface area (Å²) in [5, 5.41) is 13.0. The molecule has 1 aliphatic heterocycles. The Hall–Kier alpha value is -1.82. The highest BCUT2D eigenvalue weighted by molar-refractivity contribution is 7.89. The van der Waals surface area contributed by atoms with Crippen molar-refractivity contribution < 1.29 is 13.2 Å². The number of halogens is 2. The average molecular weight is 412 g/mol. The largest absolute Gasteiger partial charge is 0.454 e. The molecule has 1 N–H and O–H groups in total. The molecular formula is C17H15Cl2N3O3S. The molecule has 2 aromatic carbocycles. The summed E-state index contributed by atoms with van der Waals surface area (Å²) in [6, 6.07) is 10.9. The van der Waals surface area contributed by atoms with Crippen LogP contribution in [0.4, 0.5) is 0 Å². The van der Waals surface area contributed by atoms with E-state index in [1.54, 1.807) is 12.1 Å². The third kappa shape index (κ3) is 3.95. The zero-order valence-electron chi connectivity index (χ0n) is 13.6. The summed E-state index contributed by atoms with van der Waals surface area (Å²) in [4.78, 5) is -0.0745. The Labute approximate surface area is 161 Å². The molecule has 0 atom stereocenters. The SMILES string of the molecule is N#Cc1ccc(Oc2cc(Cl)ccc2Cl)c(S(=O)(=O)N2CCNCC2)c1. The van der Waals surface area contributed by atoms with Crippen LogP contribution in [0.2, 0.25) is 10.0 Å². The van der Waals surface area contributed by atoms with Gasteiger partial charge in [0, 0.05) is 37.3 Å². The molecule has 136 valence electrons. The zero-order valence-corrected chi connectivity index (χ0v) is 15.9. The Balaban J connectivity index is 2.06. The lowest BCUT2D eigenvalue weighted by Gasteiger charge is -2.27. The lowest BCUT2D eigenvalue weighted by Crippen LogP contribution is -2.46. The molecule has 0 aromatic heterocycles. The van der Waals surface area contributed by atoms with Crippen molar-refractivity contribution in [3.8, 4) is 17.6 Å². The van der Waals surface area contributed by atoms with Crippen LogP contribution in [0.25, 0.3) is 0 Å². The van der Waals surface area contributed by atoms with Crippen LogP contribution < -0.4 is 10.1 Å². The van der Waals surface area contributed by atoms with Gasteiger partial charge in [0.25, 0.3) is 0 Å². The second-order valence-electron chi connectivity index (χ2n) is 5.60. The van der Waals surface area contributed by atoms with E-state index < -0.39 is 10.0 Å². The molecule has 6 nitrogen and oxygen atoms in total. The predicted molar refractivity (Wildman–Crippen MR) is 99.3 cm³/mol. The van der Waals surface area contributed by atoms with Gasteiger partial charge in [-0.15, -0.1) is 0 Å². The summed E-state index contributed by atoms with van der Waals surface area (Å²) < 4.78 is 33.3. The monoisotopic (exact) mass is 411 g/mol. The maximum Gasteiger partial charge on any atom is 0.246 e. The quantitative estimate of drug-likeness (QED) is 0.834. The lowest BCUT2D eigenvalue weighted by atomic mass is 10.2. The van der Waals surface area contributed by atoms with Crippen LogP contribution in [-0.4, -0.2) is 38.9 Å². The molecule has 0 radical (unpaired) electrons. The molecule has 1 saturated heterocycles. The maximum absolute atomic E-state index is 13.1. The van der Waals surface area contributed by atoms with E-state index in [-0.39, 0.29) is 22.0 Å². The number of ether oxygens (including phenoxy) is 1. The van der Waals surface area contributed by atoms with Gasteiger partial charge in [-0.1, -0.05) is 23.2 Å². The Bertz CT molecular complexity index is 968. The standard InChI is InChI=1S/C17H15Cl2N3O3S/c18-13-2-3-14(19)16(10-13)25-15-4-1-12(11-20)9-17(15)26(23,24)22-7-5-21-6-8-22/h1-4,9-10,21H,5-8H2. The average Bonchev–Trinajstić information content (AvgIpc) is 2.65. The smallest absolute Gasteiger partial charge is 0.246 e. The van der Waals surface area contributed by atoms with Gasteiger partial charge < -0.3 is 10.1 Å². The maximum atomic E-state index is 13.1. The third-order valence-electron chi connectivity index (χ3n) is 3.88. The summed E-state index contributed by atoms with van der Waals surface area (Å²) in [6.45, 7) is 1.81. The van der Waals surface area contributed by atoms with Crippen LogP contribution in [0.15, 0.2) is 41.3 Å². The summed E-state index contributed by atoms with van der Waals surface area (Å²) in [5.74, 6) is 0.326. The molecule has 0 unspecified atom stereocenters. The fourth-order valence-corrected chi connectivity index (χ4v) is 4.46. The van der Waals surface area contributed by atoms with E-state index in [4.69, 9.17) is 33.2 Å². The van der Waals surface area contributed by atoms with Crippen molar-refractivity contribution in [3.63, 3.8) is 0 Å². The highest BCUT2D eigenvalue weighted by Crippen LogP contribution is 2.36. The molecule has 0 bridgehead atoms. The molecule has 1 heterocycles. The minimum atomic E-state index is -3.83. The van der Waals surface area contributed by atoms with Crippen molar-refractivity contribution in [2.75, 3.05) is 26.2 Å². The van der Waals surface area contributed by atoms with E-state index >= 15 is 0 Å². The van der Waals surface area contributed by atoms with E-state index in [9.17, 15) is 8.42 Å². The van der Waals surface area contributed by atoms with Crippen LogP contribution in [0.5, 0.6) is 11.5 Å². The summed E-state index contributed by atoms with van der Waals surface area (Å²) in [6.07, 6.45) is 0. The Morgan fingerprint density at radius 1 is 1.08 bits per heavy atom. The van der Waals surface area contributed by atoms with Gasteiger partial charge in [-0.3, -0.25) is 0 Å². The fraction of sp³-hybridized carbons (Fsp3) is 0.235. The van der Waals surface area contributed by atoms with E-state index in [2.05, 4.69) is 5.32 Å². The molecule has 1 aliphatic rings. The topological polar surface area (TPSA) is 82.4 Å². The minimum Gasteiger partial charge on any atom is -0.454 e. The number of nitriles is 1. The zero-order chi connectivity index (χ0) is 18.7. The first-order valence-corrected chi connectivity index (χ1v) is 9.99. The van der Waals surface area contributed by atoms with E-state index in [0.717, 1.165) is 0 Å². The number of nitrogens with one attached hydrogen (secondary N) is 1. The van der Waals surface area contributed by atoms with Crippen molar-refractivity contribution >= 4 is 33.2 Å². The van der Waals surface area contributed by atoms with Gasteiger partial charge in [0.1, 0.15) is 16.4 Å². The first-order chi connectivity index (χ1) is 12.4. The van der Waals surface area contributed by atoms with Gasteiger partial charge in [-0.2, -0.15) is 9.57 Å². The van der Waals surface area contributed by atoms with Crippen LogP contribution >= 0.6 is 23.2 Å². The van der Waals surface area contributed by atoms with Crippen LogP contribution in [0, 0.1) is 11.3 Å². The van der Waals surface area contributed by atoms with Crippen molar-refractivity contribution in [2.24, 2.45) is 0 Å². The minimum absolute atomic E-state index is 0.0745. The van der Waals surface area contributed by atoms with Crippen molar-refractivity contribution in [1.82, 2.24) is 9.62 Å². The molecule has 0 aliphatic carbocycles. The van der Waals surface area contributed by atoms with Gasteiger partial charge in [0.2, 0.25) is 10.0 Å². The first kappa shape index (κ1) is 19.0. The molecule has 9 heteroatoms. The first-order valence-electron chi connectivity index (χ1n) is 7.80. The second-order valence-corrected chi connectivity index (χ2v) is 8.35. The van der Waals surface area contributed by atoms with Crippen molar-refractivity contribution in [1.29, 1.82) is 5.26 Å². The van der Waals surface area contributed by atoms with Gasteiger partial charge in [-0.25, -0.2) is 8.42 Å².